The summed E-state index contributed by atoms with van der Waals surface area (Å²) in [7, 11) is 0. The van der Waals surface area contributed by atoms with Crippen molar-refractivity contribution in [3.05, 3.63) is 34.1 Å². The molecule has 4 nitrogen and oxygen atoms in total. The fraction of sp³-hybridized carbons (Fsp3) is 0.385. The predicted octanol–water partition coefficient (Wildman–Crippen LogP) is 2.67. The average Bonchev–Trinajstić information content (AvgIpc) is 3.17. The lowest BCUT2D eigenvalue weighted by Gasteiger charge is -2.26. The highest BCUT2D eigenvalue weighted by atomic mass is 79.9. The second-order valence-corrected chi connectivity index (χ2v) is 5.44. The summed E-state index contributed by atoms with van der Waals surface area (Å²) < 4.78 is 13.7. The number of carbonyl (C=O) groups excluding carboxylic acids is 1. The lowest BCUT2D eigenvalue weighted by Crippen LogP contribution is -2.44. The second kappa shape index (κ2) is 5.28. The van der Waals surface area contributed by atoms with Gasteiger partial charge in [-0.15, -0.1) is 0 Å². The van der Waals surface area contributed by atoms with Crippen LogP contribution < -0.4 is 0 Å². The largest absolute Gasteiger partial charge is 0.480 e. The van der Waals surface area contributed by atoms with Gasteiger partial charge in [-0.05, 0) is 53.9 Å². The average molecular weight is 330 g/mol. The van der Waals surface area contributed by atoms with Crippen molar-refractivity contribution in [1.82, 2.24) is 4.90 Å². The van der Waals surface area contributed by atoms with Crippen LogP contribution >= 0.6 is 15.9 Å². The molecule has 1 unspecified atom stereocenters. The summed E-state index contributed by atoms with van der Waals surface area (Å²) in [6, 6.07) is 3.09. The van der Waals surface area contributed by atoms with E-state index in [0.29, 0.717) is 0 Å². The number of rotatable bonds is 4. The van der Waals surface area contributed by atoms with E-state index in [1.165, 1.54) is 24.0 Å². The van der Waals surface area contributed by atoms with Crippen molar-refractivity contribution in [3.8, 4) is 0 Å². The Kier molecular flexibility index (Phi) is 3.89. The minimum absolute atomic E-state index is 0.0506. The Hall–Kier alpha value is -1.43. The van der Waals surface area contributed by atoms with Gasteiger partial charge < -0.3 is 10.0 Å². The maximum Gasteiger partial charge on any atom is 0.326 e. The number of carboxylic acids is 1. The second-order valence-electron chi connectivity index (χ2n) is 4.59. The molecule has 0 aromatic heterocycles. The third-order valence-electron chi connectivity index (χ3n) is 3.12. The smallest absolute Gasteiger partial charge is 0.326 e. The fourth-order valence-corrected chi connectivity index (χ4v) is 2.15. The molecule has 0 aliphatic heterocycles. The van der Waals surface area contributed by atoms with Crippen molar-refractivity contribution >= 4 is 27.8 Å². The Morgan fingerprint density at radius 2 is 2.11 bits per heavy atom. The van der Waals surface area contributed by atoms with Crippen molar-refractivity contribution < 1.29 is 19.1 Å². The lowest BCUT2D eigenvalue weighted by molar-refractivity contribution is -0.141. The van der Waals surface area contributed by atoms with Crippen molar-refractivity contribution in [2.75, 3.05) is 0 Å². The van der Waals surface area contributed by atoms with Gasteiger partial charge in [-0.2, -0.15) is 0 Å². The maximum atomic E-state index is 13.4. The molecule has 102 valence electrons. The first-order valence-electron chi connectivity index (χ1n) is 5.92. The summed E-state index contributed by atoms with van der Waals surface area (Å²) in [6.07, 6.45) is 1.59. The van der Waals surface area contributed by atoms with Crippen LogP contribution in [0, 0.1) is 5.82 Å². The van der Waals surface area contributed by atoms with Crippen molar-refractivity contribution in [2.24, 2.45) is 0 Å². The van der Waals surface area contributed by atoms with E-state index in [9.17, 15) is 14.0 Å². The quantitative estimate of drug-likeness (QED) is 0.923. The minimum atomic E-state index is -1.06. The van der Waals surface area contributed by atoms with E-state index in [1.54, 1.807) is 0 Å². The van der Waals surface area contributed by atoms with Gasteiger partial charge in [-0.3, -0.25) is 4.79 Å². The molecule has 1 N–H and O–H groups in total. The number of halogens is 2. The summed E-state index contributed by atoms with van der Waals surface area (Å²) in [5.41, 5.74) is 0.167. The predicted molar refractivity (Wildman–Crippen MR) is 70.4 cm³/mol. The van der Waals surface area contributed by atoms with Crippen molar-refractivity contribution in [2.45, 2.75) is 31.8 Å². The first kappa shape index (κ1) is 14.0. The van der Waals surface area contributed by atoms with Crippen LogP contribution in [-0.4, -0.2) is 34.0 Å². The van der Waals surface area contributed by atoms with Crippen LogP contribution in [0.1, 0.15) is 30.1 Å². The highest BCUT2D eigenvalue weighted by Crippen LogP contribution is 2.30. The van der Waals surface area contributed by atoms with Crippen LogP contribution in [0.4, 0.5) is 4.39 Å². The maximum absolute atomic E-state index is 13.4. The first-order valence-corrected chi connectivity index (χ1v) is 6.71. The SMILES string of the molecule is CC(C(=O)O)N(C(=O)c1ccc(Br)c(F)c1)C1CC1. The molecule has 1 aliphatic carbocycles. The number of amides is 1. The van der Waals surface area contributed by atoms with Gasteiger partial charge in [0.2, 0.25) is 0 Å². The van der Waals surface area contributed by atoms with Crippen LogP contribution in [0.5, 0.6) is 0 Å². The summed E-state index contributed by atoms with van der Waals surface area (Å²) in [4.78, 5) is 24.7. The number of carboxylic acid groups (broad SMARTS) is 1. The highest BCUT2D eigenvalue weighted by molar-refractivity contribution is 9.10. The molecular weight excluding hydrogens is 317 g/mol. The molecule has 1 aromatic carbocycles. The van der Waals surface area contributed by atoms with Gasteiger partial charge in [0.15, 0.2) is 0 Å². The van der Waals surface area contributed by atoms with E-state index in [4.69, 9.17) is 5.11 Å². The van der Waals surface area contributed by atoms with Gasteiger partial charge in [-0.25, -0.2) is 9.18 Å². The number of nitrogens with zero attached hydrogens (tertiary/aromatic N) is 1. The monoisotopic (exact) mass is 329 g/mol. The molecule has 0 heterocycles. The molecule has 0 spiro atoms. The number of aliphatic carboxylic acids is 1. The normalized spacial score (nSPS) is 15.9. The van der Waals surface area contributed by atoms with Gasteiger partial charge in [0, 0.05) is 11.6 Å². The number of carbonyl (C=O) groups is 2. The third kappa shape index (κ3) is 2.94. The molecule has 1 fully saturated rings. The molecule has 1 atom stereocenters. The Morgan fingerprint density at radius 3 is 2.58 bits per heavy atom. The number of hydrogen-bond acceptors (Lipinski definition) is 2. The zero-order valence-electron chi connectivity index (χ0n) is 10.3. The summed E-state index contributed by atoms with van der Waals surface area (Å²) in [5, 5.41) is 9.05. The molecule has 0 bridgehead atoms. The van der Waals surface area contributed by atoms with Gasteiger partial charge in [-0.1, -0.05) is 0 Å². The molecule has 0 saturated heterocycles. The zero-order chi connectivity index (χ0) is 14.2. The summed E-state index contributed by atoms with van der Waals surface area (Å²) in [5.74, 6) is -2.04. The summed E-state index contributed by atoms with van der Waals surface area (Å²) >= 11 is 3.01. The number of benzene rings is 1. The van der Waals surface area contributed by atoms with Gasteiger partial charge in [0.1, 0.15) is 11.9 Å². The Bertz CT molecular complexity index is 531. The molecule has 0 radical (unpaired) electrons. The van der Waals surface area contributed by atoms with Crippen molar-refractivity contribution in [3.63, 3.8) is 0 Å². The van der Waals surface area contributed by atoms with E-state index in [0.717, 1.165) is 18.9 Å². The molecule has 1 amide bonds. The zero-order valence-corrected chi connectivity index (χ0v) is 11.9. The topological polar surface area (TPSA) is 57.6 Å². The van der Waals surface area contributed by atoms with E-state index >= 15 is 0 Å². The van der Waals surface area contributed by atoms with Crippen molar-refractivity contribution in [1.29, 1.82) is 0 Å². The minimum Gasteiger partial charge on any atom is -0.480 e. The Labute approximate surface area is 118 Å². The van der Waals surface area contributed by atoms with Crippen LogP contribution in [-0.2, 0) is 4.79 Å². The first-order chi connectivity index (χ1) is 8.91. The van der Waals surface area contributed by atoms with Crippen LogP contribution in [0.15, 0.2) is 22.7 Å². The van der Waals surface area contributed by atoms with Crippen LogP contribution in [0.25, 0.3) is 0 Å². The van der Waals surface area contributed by atoms with Crippen LogP contribution in [0.3, 0.4) is 0 Å². The van der Waals surface area contributed by atoms with Gasteiger partial charge >= 0.3 is 5.97 Å². The molecule has 2 rings (SSSR count). The summed E-state index contributed by atoms with van der Waals surface area (Å²) in [6.45, 7) is 1.47. The van der Waals surface area contributed by atoms with E-state index in [1.807, 2.05) is 0 Å². The Balaban J connectivity index is 2.28. The molecule has 1 aliphatic rings. The van der Waals surface area contributed by atoms with E-state index in [2.05, 4.69) is 15.9 Å². The number of hydrogen-bond donors (Lipinski definition) is 1. The molecule has 6 heteroatoms. The lowest BCUT2D eigenvalue weighted by atomic mass is 10.1. The van der Waals surface area contributed by atoms with E-state index < -0.39 is 23.7 Å². The molecule has 1 saturated carbocycles. The van der Waals surface area contributed by atoms with Crippen LogP contribution in [0.2, 0.25) is 0 Å². The molecule has 19 heavy (non-hydrogen) atoms. The molecule has 1 aromatic rings. The van der Waals surface area contributed by atoms with Gasteiger partial charge in [0.05, 0.1) is 4.47 Å². The van der Waals surface area contributed by atoms with E-state index in [-0.39, 0.29) is 16.1 Å². The Morgan fingerprint density at radius 1 is 1.47 bits per heavy atom. The highest BCUT2D eigenvalue weighted by Gasteiger charge is 2.38. The standard InChI is InChI=1S/C13H13BrFNO3/c1-7(13(18)19)16(9-3-4-9)12(17)8-2-5-10(14)11(15)6-8/h2,5-7,9H,3-4H2,1H3,(H,18,19). The molecular formula is C13H13BrFNO3. The third-order valence-corrected chi connectivity index (χ3v) is 3.76. The fourth-order valence-electron chi connectivity index (χ4n) is 1.91. The van der Waals surface area contributed by atoms with Gasteiger partial charge in [0.25, 0.3) is 5.91 Å².